The molecule has 5 rings (SSSR count). The molecule has 174 valence electrons. The van der Waals surface area contributed by atoms with Crippen LogP contribution < -0.4 is 4.90 Å². The van der Waals surface area contributed by atoms with E-state index in [4.69, 9.17) is 0 Å². The minimum Gasteiger partial charge on any atom is -0.478 e. The van der Waals surface area contributed by atoms with Gasteiger partial charge in [0.05, 0.1) is 17.2 Å². The van der Waals surface area contributed by atoms with Gasteiger partial charge < -0.3 is 10.0 Å². The number of aromatic carboxylic acids is 1. The Morgan fingerprint density at radius 2 is 1.61 bits per heavy atom. The zero-order chi connectivity index (χ0) is 24.9. The molecule has 4 aromatic carbocycles. The molecule has 0 amide bonds. The Kier molecular flexibility index (Phi) is 6.42. The number of carboxylic acid groups (broad SMARTS) is 1. The maximum atomic E-state index is 11.3. The van der Waals surface area contributed by atoms with Gasteiger partial charge in [0.1, 0.15) is 0 Å². The number of carbonyl (C=O) groups is 1. The summed E-state index contributed by atoms with van der Waals surface area (Å²) in [6.45, 7) is 1.17. The average Bonchev–Trinajstić information content (AvgIpc) is 2.93. The van der Waals surface area contributed by atoms with Gasteiger partial charge in [0, 0.05) is 36.7 Å². The molecule has 0 aliphatic heterocycles. The van der Waals surface area contributed by atoms with E-state index in [1.807, 2.05) is 60.8 Å². The molecule has 1 heterocycles. The summed E-state index contributed by atoms with van der Waals surface area (Å²) in [6, 6.07) is 33.5. The highest BCUT2D eigenvalue weighted by molar-refractivity contribution is 5.98. The van der Waals surface area contributed by atoms with Crippen LogP contribution in [0.5, 0.6) is 0 Å². The van der Waals surface area contributed by atoms with Crippen molar-refractivity contribution in [3.05, 3.63) is 132 Å². The number of anilines is 1. The van der Waals surface area contributed by atoms with Crippen LogP contribution in [-0.2, 0) is 13.1 Å². The zero-order valence-electron chi connectivity index (χ0n) is 19.5. The summed E-state index contributed by atoms with van der Waals surface area (Å²) in [4.78, 5) is 17.8. The minimum absolute atomic E-state index is 0.258. The largest absolute Gasteiger partial charge is 0.478 e. The molecule has 36 heavy (non-hydrogen) atoms. The molecule has 0 saturated carbocycles. The molecular weight excluding hydrogens is 446 g/mol. The fourth-order valence-corrected chi connectivity index (χ4v) is 4.43. The van der Waals surface area contributed by atoms with Crippen molar-refractivity contribution in [1.29, 1.82) is 5.26 Å². The summed E-state index contributed by atoms with van der Waals surface area (Å²) < 4.78 is 0. The van der Waals surface area contributed by atoms with Crippen LogP contribution >= 0.6 is 0 Å². The monoisotopic (exact) mass is 469 g/mol. The van der Waals surface area contributed by atoms with Crippen LogP contribution in [0.3, 0.4) is 0 Å². The fraction of sp³-hybridized carbons (Fsp3) is 0.0645. The maximum Gasteiger partial charge on any atom is 0.335 e. The van der Waals surface area contributed by atoms with Gasteiger partial charge in [-0.15, -0.1) is 0 Å². The van der Waals surface area contributed by atoms with Crippen LogP contribution in [0.25, 0.3) is 21.9 Å². The van der Waals surface area contributed by atoms with Gasteiger partial charge in [0.25, 0.3) is 0 Å². The third-order valence-electron chi connectivity index (χ3n) is 6.24. The predicted octanol–water partition coefficient (Wildman–Crippen LogP) is 6.68. The molecule has 5 nitrogen and oxygen atoms in total. The molecule has 1 N–H and O–H groups in total. The quantitative estimate of drug-likeness (QED) is 0.288. The predicted molar refractivity (Wildman–Crippen MR) is 142 cm³/mol. The van der Waals surface area contributed by atoms with Crippen LogP contribution in [0, 0.1) is 11.3 Å². The number of aromatic nitrogens is 1. The van der Waals surface area contributed by atoms with Gasteiger partial charge in [-0.2, -0.15) is 5.26 Å². The van der Waals surface area contributed by atoms with E-state index < -0.39 is 5.97 Å². The van der Waals surface area contributed by atoms with E-state index in [1.54, 1.807) is 18.3 Å². The summed E-state index contributed by atoms with van der Waals surface area (Å²) in [5.41, 5.74) is 5.76. The van der Waals surface area contributed by atoms with Crippen molar-refractivity contribution in [2.45, 2.75) is 13.1 Å². The van der Waals surface area contributed by atoms with Gasteiger partial charge in [-0.25, -0.2) is 4.79 Å². The molecule has 1 aromatic heterocycles. The van der Waals surface area contributed by atoms with Crippen molar-refractivity contribution in [2.75, 3.05) is 4.90 Å². The standard InChI is InChI=1S/C31H23N3O2/c32-18-26-14-15-27(17-30(26)29-9-3-7-24-6-1-2-8-28(24)29)34(21-23-5-4-16-33-19-23)20-22-10-12-25(13-11-22)31(35)36/h1-17,19H,20-21H2,(H,35,36). The van der Waals surface area contributed by atoms with Gasteiger partial charge in [-0.1, -0.05) is 60.7 Å². The van der Waals surface area contributed by atoms with E-state index in [2.05, 4.69) is 46.3 Å². The number of carboxylic acids is 1. The second kappa shape index (κ2) is 10.1. The third-order valence-corrected chi connectivity index (χ3v) is 6.24. The Labute approximate surface area is 209 Å². The van der Waals surface area contributed by atoms with E-state index in [1.165, 1.54) is 0 Å². The number of nitrogens with zero attached hydrogens (tertiary/aromatic N) is 3. The van der Waals surface area contributed by atoms with E-state index in [0.717, 1.165) is 38.7 Å². The van der Waals surface area contributed by atoms with Gasteiger partial charge in [0.15, 0.2) is 0 Å². The molecule has 0 unspecified atom stereocenters. The van der Waals surface area contributed by atoms with Crippen molar-refractivity contribution in [2.24, 2.45) is 0 Å². The first-order valence-corrected chi connectivity index (χ1v) is 11.6. The van der Waals surface area contributed by atoms with Crippen LogP contribution in [0.15, 0.2) is 109 Å². The molecule has 0 spiro atoms. The molecular formula is C31H23N3O2. The van der Waals surface area contributed by atoms with E-state index in [0.29, 0.717) is 18.7 Å². The van der Waals surface area contributed by atoms with Crippen LogP contribution in [0.4, 0.5) is 5.69 Å². The molecule has 0 radical (unpaired) electrons. The third kappa shape index (κ3) is 4.79. The molecule has 0 saturated heterocycles. The smallest absolute Gasteiger partial charge is 0.335 e. The lowest BCUT2D eigenvalue weighted by Crippen LogP contribution is -2.22. The Morgan fingerprint density at radius 3 is 2.36 bits per heavy atom. The number of nitriles is 1. The lowest BCUT2D eigenvalue weighted by molar-refractivity contribution is 0.0697. The van der Waals surface area contributed by atoms with E-state index in [-0.39, 0.29) is 5.56 Å². The summed E-state index contributed by atoms with van der Waals surface area (Å²) in [7, 11) is 0. The summed E-state index contributed by atoms with van der Waals surface area (Å²) in [5, 5.41) is 21.4. The van der Waals surface area contributed by atoms with Crippen LogP contribution in [0.1, 0.15) is 27.0 Å². The van der Waals surface area contributed by atoms with Crippen molar-refractivity contribution in [3.8, 4) is 17.2 Å². The SMILES string of the molecule is N#Cc1ccc(N(Cc2ccc(C(=O)O)cc2)Cc2cccnc2)cc1-c1cccc2ccccc12. The Bertz CT molecular complexity index is 1570. The van der Waals surface area contributed by atoms with Gasteiger partial charge in [0.2, 0.25) is 0 Å². The van der Waals surface area contributed by atoms with E-state index >= 15 is 0 Å². The van der Waals surface area contributed by atoms with Crippen LogP contribution in [-0.4, -0.2) is 16.1 Å². The highest BCUT2D eigenvalue weighted by atomic mass is 16.4. The van der Waals surface area contributed by atoms with Gasteiger partial charge in [-0.3, -0.25) is 4.98 Å². The van der Waals surface area contributed by atoms with Gasteiger partial charge in [-0.05, 0) is 63.9 Å². The molecule has 5 heteroatoms. The summed E-state index contributed by atoms with van der Waals surface area (Å²) in [5.74, 6) is -0.944. The number of fused-ring (bicyclic) bond motifs is 1. The fourth-order valence-electron chi connectivity index (χ4n) is 4.43. The lowest BCUT2D eigenvalue weighted by atomic mass is 9.94. The molecule has 0 fully saturated rings. The van der Waals surface area contributed by atoms with Crippen molar-refractivity contribution in [1.82, 2.24) is 4.98 Å². The number of rotatable bonds is 7. The number of hydrogen-bond donors (Lipinski definition) is 1. The van der Waals surface area contributed by atoms with Crippen molar-refractivity contribution < 1.29 is 9.90 Å². The molecule has 0 bridgehead atoms. The highest BCUT2D eigenvalue weighted by Crippen LogP contribution is 2.34. The normalized spacial score (nSPS) is 10.6. The summed E-state index contributed by atoms with van der Waals surface area (Å²) in [6.07, 6.45) is 3.59. The zero-order valence-corrected chi connectivity index (χ0v) is 19.5. The second-order valence-corrected chi connectivity index (χ2v) is 8.59. The Balaban J connectivity index is 1.59. The van der Waals surface area contributed by atoms with Crippen molar-refractivity contribution >= 4 is 22.4 Å². The topological polar surface area (TPSA) is 77.2 Å². The Morgan fingerprint density at radius 1 is 0.833 bits per heavy atom. The van der Waals surface area contributed by atoms with E-state index in [9.17, 15) is 15.2 Å². The second-order valence-electron chi connectivity index (χ2n) is 8.59. The first kappa shape index (κ1) is 22.8. The number of pyridine rings is 1. The minimum atomic E-state index is -0.944. The van der Waals surface area contributed by atoms with Crippen molar-refractivity contribution in [3.63, 3.8) is 0 Å². The van der Waals surface area contributed by atoms with Crippen LogP contribution in [0.2, 0.25) is 0 Å². The molecule has 0 aliphatic rings. The Hall–Kier alpha value is -4.95. The molecule has 0 aliphatic carbocycles. The lowest BCUT2D eigenvalue weighted by Gasteiger charge is -2.26. The maximum absolute atomic E-state index is 11.3. The highest BCUT2D eigenvalue weighted by Gasteiger charge is 2.15. The molecule has 0 atom stereocenters. The first-order valence-electron chi connectivity index (χ1n) is 11.6. The number of hydrogen-bond acceptors (Lipinski definition) is 4. The first-order chi connectivity index (χ1) is 17.6. The van der Waals surface area contributed by atoms with Gasteiger partial charge >= 0.3 is 5.97 Å². The number of benzene rings is 4. The average molecular weight is 470 g/mol. The summed E-state index contributed by atoms with van der Waals surface area (Å²) >= 11 is 0. The molecule has 5 aromatic rings.